The van der Waals surface area contributed by atoms with E-state index in [0.29, 0.717) is 38.0 Å². The first-order valence-electron chi connectivity index (χ1n) is 6.27. The zero-order valence-corrected chi connectivity index (χ0v) is 11.3. The molecule has 0 amide bonds. The van der Waals surface area contributed by atoms with Gasteiger partial charge in [0.05, 0.1) is 6.61 Å². The third kappa shape index (κ3) is 5.02. The van der Waals surface area contributed by atoms with Gasteiger partial charge < -0.3 is 14.8 Å². The summed E-state index contributed by atoms with van der Waals surface area (Å²) >= 11 is 0. The molecule has 0 heterocycles. The molecular weight excluding hydrogens is 233 g/mol. The molecule has 0 unspecified atom stereocenters. The number of hydrogen-bond acceptors (Lipinski definition) is 3. The summed E-state index contributed by atoms with van der Waals surface area (Å²) in [6, 6.07) is 4.94. The van der Waals surface area contributed by atoms with Crippen molar-refractivity contribution >= 4 is 0 Å². The average Bonchev–Trinajstić information content (AvgIpc) is 2.32. The van der Waals surface area contributed by atoms with Gasteiger partial charge in [0.2, 0.25) is 0 Å². The van der Waals surface area contributed by atoms with E-state index in [1.807, 2.05) is 13.1 Å². The lowest BCUT2D eigenvalue weighted by Gasteiger charge is -2.13. The largest absolute Gasteiger partial charge is 0.488 e. The zero-order valence-electron chi connectivity index (χ0n) is 11.3. The summed E-state index contributed by atoms with van der Waals surface area (Å²) in [5.74, 6) is 0.491. The fourth-order valence-corrected chi connectivity index (χ4v) is 1.57. The second kappa shape index (κ2) is 8.06. The van der Waals surface area contributed by atoms with Crippen LogP contribution in [-0.2, 0) is 11.3 Å². The van der Waals surface area contributed by atoms with Gasteiger partial charge in [-0.1, -0.05) is 26.0 Å². The first-order chi connectivity index (χ1) is 8.65. The molecule has 0 aliphatic carbocycles. The quantitative estimate of drug-likeness (QED) is 0.724. The van der Waals surface area contributed by atoms with E-state index in [9.17, 15) is 4.39 Å². The van der Waals surface area contributed by atoms with Crippen LogP contribution in [0.25, 0.3) is 0 Å². The molecule has 18 heavy (non-hydrogen) atoms. The Morgan fingerprint density at radius 2 is 2.06 bits per heavy atom. The molecule has 1 aromatic carbocycles. The van der Waals surface area contributed by atoms with Crippen molar-refractivity contribution in [1.29, 1.82) is 0 Å². The van der Waals surface area contributed by atoms with Gasteiger partial charge in [-0.25, -0.2) is 4.39 Å². The molecule has 3 nitrogen and oxygen atoms in total. The molecule has 4 heteroatoms. The van der Waals surface area contributed by atoms with Gasteiger partial charge in [0.1, 0.15) is 6.61 Å². The van der Waals surface area contributed by atoms with Gasteiger partial charge in [0, 0.05) is 18.7 Å². The van der Waals surface area contributed by atoms with Gasteiger partial charge in [0.15, 0.2) is 11.6 Å². The second-order valence-electron chi connectivity index (χ2n) is 4.58. The molecule has 0 radical (unpaired) electrons. The van der Waals surface area contributed by atoms with E-state index in [1.165, 1.54) is 6.07 Å². The van der Waals surface area contributed by atoms with Crippen molar-refractivity contribution in [2.24, 2.45) is 5.92 Å². The third-order valence-corrected chi connectivity index (χ3v) is 2.34. The summed E-state index contributed by atoms with van der Waals surface area (Å²) in [5.41, 5.74) is 0.821. The fraction of sp³-hybridized carbons (Fsp3) is 0.571. The van der Waals surface area contributed by atoms with Crippen LogP contribution >= 0.6 is 0 Å². The van der Waals surface area contributed by atoms with E-state index in [1.54, 1.807) is 6.07 Å². The minimum absolute atomic E-state index is 0.319. The molecule has 102 valence electrons. The number of nitrogens with one attached hydrogen (secondary N) is 1. The second-order valence-corrected chi connectivity index (χ2v) is 4.58. The Kier molecular flexibility index (Phi) is 6.68. The zero-order chi connectivity index (χ0) is 13.4. The van der Waals surface area contributed by atoms with Crippen molar-refractivity contribution in [3.05, 3.63) is 29.6 Å². The number of benzene rings is 1. The van der Waals surface area contributed by atoms with E-state index < -0.39 is 0 Å². The van der Waals surface area contributed by atoms with Crippen LogP contribution in [0.4, 0.5) is 4.39 Å². The summed E-state index contributed by atoms with van der Waals surface area (Å²) < 4.78 is 24.5. The van der Waals surface area contributed by atoms with Crippen LogP contribution < -0.4 is 10.1 Å². The predicted molar refractivity (Wildman–Crippen MR) is 70.3 cm³/mol. The first kappa shape index (κ1) is 14.9. The first-order valence-corrected chi connectivity index (χ1v) is 6.27. The molecule has 0 saturated heterocycles. The molecule has 0 saturated carbocycles. The molecule has 0 atom stereocenters. The molecule has 0 spiro atoms. The molecular formula is C14H22FNO2. The van der Waals surface area contributed by atoms with Crippen LogP contribution in [0.3, 0.4) is 0 Å². The highest BCUT2D eigenvalue weighted by Gasteiger charge is 2.08. The molecule has 0 fully saturated rings. The van der Waals surface area contributed by atoms with Crippen LogP contribution in [0.1, 0.15) is 19.4 Å². The lowest BCUT2D eigenvalue weighted by molar-refractivity contribution is 0.0804. The highest BCUT2D eigenvalue weighted by Crippen LogP contribution is 2.22. The summed E-state index contributed by atoms with van der Waals surface area (Å²) in [6.45, 7) is 6.30. The maximum atomic E-state index is 13.6. The van der Waals surface area contributed by atoms with Gasteiger partial charge >= 0.3 is 0 Å². The van der Waals surface area contributed by atoms with Gasteiger partial charge in [-0.2, -0.15) is 0 Å². The monoisotopic (exact) mass is 255 g/mol. The summed E-state index contributed by atoms with van der Waals surface area (Å²) in [7, 11) is 1.82. The van der Waals surface area contributed by atoms with Crippen molar-refractivity contribution in [1.82, 2.24) is 5.32 Å². The van der Waals surface area contributed by atoms with Crippen LogP contribution in [0, 0.1) is 11.7 Å². The highest BCUT2D eigenvalue weighted by molar-refractivity contribution is 5.34. The van der Waals surface area contributed by atoms with Crippen LogP contribution in [-0.4, -0.2) is 26.9 Å². The number of rotatable bonds is 8. The number of hydrogen-bond donors (Lipinski definition) is 1. The Morgan fingerprint density at radius 3 is 2.72 bits per heavy atom. The van der Waals surface area contributed by atoms with Gasteiger partial charge in [-0.05, 0) is 19.0 Å². The molecule has 1 rings (SSSR count). The Labute approximate surface area is 108 Å². The highest BCUT2D eigenvalue weighted by atomic mass is 19.1. The van der Waals surface area contributed by atoms with Crippen molar-refractivity contribution in [2.75, 3.05) is 26.9 Å². The van der Waals surface area contributed by atoms with E-state index in [-0.39, 0.29) is 5.82 Å². The van der Waals surface area contributed by atoms with Crippen molar-refractivity contribution in [2.45, 2.75) is 20.4 Å². The molecule has 1 aromatic rings. The molecule has 0 aromatic heterocycles. The Balaban J connectivity index is 2.45. The average molecular weight is 255 g/mol. The SMILES string of the molecule is CNCc1cccc(F)c1OCCOCC(C)C. The normalized spacial score (nSPS) is 10.9. The minimum atomic E-state index is -0.327. The number of halogens is 1. The molecule has 0 aliphatic heterocycles. The van der Waals surface area contributed by atoms with Gasteiger partial charge in [0.25, 0.3) is 0 Å². The maximum absolute atomic E-state index is 13.6. The van der Waals surface area contributed by atoms with Gasteiger partial charge in [-0.15, -0.1) is 0 Å². The molecule has 0 aliphatic rings. The van der Waals surface area contributed by atoms with Crippen molar-refractivity contribution in [3.8, 4) is 5.75 Å². The van der Waals surface area contributed by atoms with E-state index >= 15 is 0 Å². The number of ether oxygens (including phenoxy) is 2. The fourth-order valence-electron chi connectivity index (χ4n) is 1.57. The topological polar surface area (TPSA) is 30.5 Å². The summed E-state index contributed by atoms with van der Waals surface area (Å²) in [6.07, 6.45) is 0. The standard InChI is InChI=1S/C14H22FNO2/c1-11(2)10-17-7-8-18-14-12(9-16-3)5-4-6-13(14)15/h4-6,11,16H,7-10H2,1-3H3. The van der Waals surface area contributed by atoms with E-state index in [4.69, 9.17) is 9.47 Å². The molecule has 1 N–H and O–H groups in total. The third-order valence-electron chi connectivity index (χ3n) is 2.34. The smallest absolute Gasteiger partial charge is 0.165 e. The Hall–Kier alpha value is -1.13. The van der Waals surface area contributed by atoms with Crippen molar-refractivity contribution in [3.63, 3.8) is 0 Å². The Morgan fingerprint density at radius 1 is 1.28 bits per heavy atom. The molecule has 0 bridgehead atoms. The van der Waals surface area contributed by atoms with Crippen LogP contribution in [0.15, 0.2) is 18.2 Å². The van der Waals surface area contributed by atoms with Crippen LogP contribution in [0.5, 0.6) is 5.75 Å². The van der Waals surface area contributed by atoms with E-state index in [0.717, 1.165) is 5.56 Å². The lowest BCUT2D eigenvalue weighted by atomic mass is 10.2. The van der Waals surface area contributed by atoms with Crippen molar-refractivity contribution < 1.29 is 13.9 Å². The summed E-state index contributed by atoms with van der Waals surface area (Å²) in [4.78, 5) is 0. The van der Waals surface area contributed by atoms with Gasteiger partial charge in [-0.3, -0.25) is 0 Å². The lowest BCUT2D eigenvalue weighted by Crippen LogP contribution is -2.13. The maximum Gasteiger partial charge on any atom is 0.165 e. The summed E-state index contributed by atoms with van der Waals surface area (Å²) in [5, 5.41) is 2.99. The van der Waals surface area contributed by atoms with Crippen LogP contribution in [0.2, 0.25) is 0 Å². The Bertz CT molecular complexity index is 356. The van der Waals surface area contributed by atoms with E-state index in [2.05, 4.69) is 19.2 Å². The minimum Gasteiger partial charge on any atom is -0.488 e. The predicted octanol–water partition coefficient (Wildman–Crippen LogP) is 2.60. The number of para-hydroxylation sites is 1.